The van der Waals surface area contributed by atoms with Crippen LogP contribution in [0.15, 0.2) is 46.1 Å². The second-order valence-electron chi connectivity index (χ2n) is 4.63. The van der Waals surface area contributed by atoms with Gasteiger partial charge < -0.3 is 5.11 Å². The smallest absolute Gasteiger partial charge is 0.264 e. The van der Waals surface area contributed by atoms with Gasteiger partial charge in [0.05, 0.1) is 25.9 Å². The number of fused-ring (bicyclic) bond motifs is 1. The van der Waals surface area contributed by atoms with Crippen LogP contribution >= 0.6 is 15.9 Å². The molecule has 108 valence electrons. The lowest BCUT2D eigenvalue weighted by molar-refractivity contribution is 0.271. The third kappa shape index (κ3) is 2.74. The monoisotopic (exact) mass is 348 g/mol. The number of aliphatic hydroxyl groups is 1. The van der Waals surface area contributed by atoms with Crippen molar-refractivity contribution in [1.29, 1.82) is 0 Å². The largest absolute Gasteiger partial charge is 0.394 e. The van der Waals surface area contributed by atoms with E-state index in [4.69, 9.17) is 5.11 Å². The highest BCUT2D eigenvalue weighted by molar-refractivity contribution is 9.10. The van der Waals surface area contributed by atoms with Gasteiger partial charge in [0.15, 0.2) is 5.65 Å². The highest BCUT2D eigenvalue weighted by atomic mass is 79.9. The average Bonchev–Trinajstić information content (AvgIpc) is 2.89. The van der Waals surface area contributed by atoms with E-state index in [1.54, 1.807) is 4.57 Å². The summed E-state index contributed by atoms with van der Waals surface area (Å²) in [6.07, 6.45) is 3.01. The predicted octanol–water partition coefficient (Wildman–Crippen LogP) is 1.40. The van der Waals surface area contributed by atoms with Crippen molar-refractivity contribution in [2.24, 2.45) is 0 Å². The van der Waals surface area contributed by atoms with Crippen molar-refractivity contribution in [2.75, 3.05) is 6.61 Å². The third-order valence-electron chi connectivity index (χ3n) is 3.20. The molecule has 0 aliphatic carbocycles. The lowest BCUT2D eigenvalue weighted by atomic mass is 10.2. The molecule has 6 nitrogen and oxygen atoms in total. The van der Waals surface area contributed by atoms with E-state index in [1.807, 2.05) is 24.3 Å². The molecule has 21 heavy (non-hydrogen) atoms. The zero-order valence-corrected chi connectivity index (χ0v) is 12.7. The van der Waals surface area contributed by atoms with Gasteiger partial charge in [-0.3, -0.25) is 9.36 Å². The highest BCUT2D eigenvalue weighted by Gasteiger charge is 2.09. The Kier molecular flexibility index (Phi) is 3.85. The van der Waals surface area contributed by atoms with Crippen LogP contribution in [0.25, 0.3) is 11.0 Å². The average molecular weight is 349 g/mol. The van der Waals surface area contributed by atoms with Crippen molar-refractivity contribution in [3.63, 3.8) is 0 Å². The van der Waals surface area contributed by atoms with E-state index in [1.165, 1.54) is 17.2 Å². The Morgan fingerprint density at radius 2 is 2.00 bits per heavy atom. The van der Waals surface area contributed by atoms with Crippen molar-refractivity contribution < 1.29 is 5.11 Å². The maximum atomic E-state index is 12.4. The fourth-order valence-corrected chi connectivity index (χ4v) is 2.42. The van der Waals surface area contributed by atoms with Gasteiger partial charge in [-0.05, 0) is 17.7 Å². The fraction of sp³-hybridized carbons (Fsp3) is 0.214. The molecule has 0 fully saturated rings. The normalized spacial score (nSPS) is 11.1. The summed E-state index contributed by atoms with van der Waals surface area (Å²) in [5.41, 5.74) is 1.39. The van der Waals surface area contributed by atoms with Crippen LogP contribution in [0, 0.1) is 0 Å². The Hall–Kier alpha value is -1.99. The van der Waals surface area contributed by atoms with Crippen LogP contribution < -0.4 is 5.56 Å². The van der Waals surface area contributed by atoms with Crippen LogP contribution in [-0.2, 0) is 13.1 Å². The van der Waals surface area contributed by atoms with Gasteiger partial charge in [0.1, 0.15) is 11.7 Å². The van der Waals surface area contributed by atoms with E-state index in [0.29, 0.717) is 24.1 Å². The van der Waals surface area contributed by atoms with E-state index < -0.39 is 0 Å². The number of benzene rings is 1. The molecule has 3 rings (SSSR count). The van der Waals surface area contributed by atoms with Crippen molar-refractivity contribution >= 4 is 27.0 Å². The lowest BCUT2D eigenvalue weighted by Crippen LogP contribution is -2.21. The van der Waals surface area contributed by atoms with E-state index in [0.717, 1.165) is 10.0 Å². The molecule has 0 spiro atoms. The molecule has 0 atom stereocenters. The van der Waals surface area contributed by atoms with Crippen molar-refractivity contribution in [3.05, 3.63) is 57.2 Å². The number of aromatic nitrogens is 4. The Labute approximate surface area is 128 Å². The first-order valence-corrected chi connectivity index (χ1v) is 7.24. The van der Waals surface area contributed by atoms with E-state index in [2.05, 4.69) is 26.0 Å². The number of hydrogen-bond donors (Lipinski definition) is 1. The number of hydrogen-bond acceptors (Lipinski definition) is 4. The predicted molar refractivity (Wildman–Crippen MR) is 82.1 cm³/mol. The summed E-state index contributed by atoms with van der Waals surface area (Å²) in [5.74, 6) is 0. The van der Waals surface area contributed by atoms with E-state index >= 15 is 0 Å². The fourth-order valence-electron chi connectivity index (χ4n) is 2.15. The van der Waals surface area contributed by atoms with Gasteiger partial charge in [-0.2, -0.15) is 5.10 Å². The first kappa shape index (κ1) is 14.0. The quantitative estimate of drug-likeness (QED) is 0.773. The van der Waals surface area contributed by atoms with Gasteiger partial charge in [-0.15, -0.1) is 0 Å². The maximum absolute atomic E-state index is 12.4. The minimum absolute atomic E-state index is 0.0412. The molecule has 2 aromatic heterocycles. The SMILES string of the molecule is O=c1c2cnn(CCO)c2ncn1Cc1ccc(Br)cc1. The molecular weight excluding hydrogens is 336 g/mol. The van der Waals surface area contributed by atoms with Crippen LogP contribution in [0.4, 0.5) is 0 Å². The summed E-state index contributed by atoms with van der Waals surface area (Å²) in [5, 5.41) is 13.5. The summed E-state index contributed by atoms with van der Waals surface area (Å²) in [7, 11) is 0. The first-order valence-electron chi connectivity index (χ1n) is 6.45. The van der Waals surface area contributed by atoms with Gasteiger partial charge in [0.25, 0.3) is 5.56 Å². The standard InChI is InChI=1S/C14H13BrN4O2/c15-11-3-1-10(2-4-11)8-18-9-16-13-12(14(18)21)7-17-19(13)5-6-20/h1-4,7,9,20H,5-6,8H2. The molecule has 2 heterocycles. The molecule has 0 amide bonds. The van der Waals surface area contributed by atoms with Crippen LogP contribution in [0.3, 0.4) is 0 Å². The summed E-state index contributed by atoms with van der Waals surface area (Å²) in [6.45, 7) is 0.743. The van der Waals surface area contributed by atoms with Crippen LogP contribution in [0.5, 0.6) is 0 Å². The third-order valence-corrected chi connectivity index (χ3v) is 3.73. The molecule has 0 aliphatic rings. The minimum Gasteiger partial charge on any atom is -0.394 e. The van der Waals surface area contributed by atoms with Crippen LogP contribution in [-0.4, -0.2) is 31.0 Å². The Balaban J connectivity index is 1.98. The Morgan fingerprint density at radius 1 is 1.24 bits per heavy atom. The number of aliphatic hydroxyl groups excluding tert-OH is 1. The van der Waals surface area contributed by atoms with Crippen molar-refractivity contribution in [2.45, 2.75) is 13.1 Å². The number of halogens is 1. The first-order chi connectivity index (χ1) is 10.2. The van der Waals surface area contributed by atoms with Crippen LogP contribution in [0.1, 0.15) is 5.56 Å². The van der Waals surface area contributed by atoms with Gasteiger partial charge in [-0.25, -0.2) is 9.67 Å². The lowest BCUT2D eigenvalue weighted by Gasteiger charge is -2.06. The topological polar surface area (TPSA) is 72.9 Å². The zero-order valence-electron chi connectivity index (χ0n) is 11.1. The van der Waals surface area contributed by atoms with Gasteiger partial charge in [0, 0.05) is 4.47 Å². The maximum Gasteiger partial charge on any atom is 0.264 e. The second-order valence-corrected chi connectivity index (χ2v) is 5.55. The second kappa shape index (κ2) is 5.79. The molecule has 0 saturated carbocycles. The number of nitrogens with zero attached hydrogens (tertiary/aromatic N) is 4. The zero-order chi connectivity index (χ0) is 14.8. The molecule has 3 aromatic rings. The highest BCUT2D eigenvalue weighted by Crippen LogP contribution is 2.11. The molecule has 0 unspecified atom stereocenters. The van der Waals surface area contributed by atoms with Gasteiger partial charge in [-0.1, -0.05) is 28.1 Å². The van der Waals surface area contributed by atoms with E-state index in [-0.39, 0.29) is 12.2 Å². The molecule has 1 aromatic carbocycles. The van der Waals surface area contributed by atoms with Crippen molar-refractivity contribution in [3.8, 4) is 0 Å². The Morgan fingerprint density at radius 3 is 2.71 bits per heavy atom. The van der Waals surface area contributed by atoms with Crippen LogP contribution in [0.2, 0.25) is 0 Å². The molecule has 0 radical (unpaired) electrons. The molecule has 0 saturated heterocycles. The van der Waals surface area contributed by atoms with Gasteiger partial charge in [0.2, 0.25) is 0 Å². The molecule has 1 N–H and O–H groups in total. The van der Waals surface area contributed by atoms with E-state index in [9.17, 15) is 4.79 Å². The van der Waals surface area contributed by atoms with Gasteiger partial charge >= 0.3 is 0 Å². The molecule has 7 heteroatoms. The summed E-state index contributed by atoms with van der Waals surface area (Å²) < 4.78 is 4.08. The van der Waals surface area contributed by atoms with Crippen molar-refractivity contribution in [1.82, 2.24) is 19.3 Å². The summed E-state index contributed by atoms with van der Waals surface area (Å²) >= 11 is 3.38. The molecule has 0 aliphatic heterocycles. The number of rotatable bonds is 4. The minimum atomic E-state index is -0.132. The summed E-state index contributed by atoms with van der Waals surface area (Å²) in [4.78, 5) is 16.7. The summed E-state index contributed by atoms with van der Waals surface area (Å²) in [6, 6.07) is 7.78. The molecule has 0 bridgehead atoms. The Bertz CT molecular complexity index is 823. The molecular formula is C14H13BrN4O2.